The van der Waals surface area contributed by atoms with E-state index in [1.807, 2.05) is 30.3 Å². The van der Waals surface area contributed by atoms with Gasteiger partial charge >= 0.3 is 0 Å². The van der Waals surface area contributed by atoms with Crippen molar-refractivity contribution in [3.05, 3.63) is 40.9 Å². The minimum Gasteiger partial charge on any atom is -0.346 e. The Morgan fingerprint density at radius 1 is 1.38 bits per heavy atom. The fourth-order valence-electron chi connectivity index (χ4n) is 1.23. The Hall–Kier alpha value is -1.28. The van der Waals surface area contributed by atoms with Crippen molar-refractivity contribution in [2.45, 2.75) is 0 Å². The highest BCUT2D eigenvalue weighted by molar-refractivity contribution is 6.30. The summed E-state index contributed by atoms with van der Waals surface area (Å²) in [7, 11) is 0. The highest BCUT2D eigenvalue weighted by Gasteiger charge is 2.01. The molecule has 0 aliphatic carbocycles. The lowest BCUT2D eigenvalue weighted by molar-refractivity contribution is 1.15. The Balaban J connectivity index is 2.30. The summed E-state index contributed by atoms with van der Waals surface area (Å²) < 4.78 is 0. The molecule has 0 fully saturated rings. The molecule has 1 aromatic carbocycles. The highest BCUT2D eigenvalue weighted by Crippen LogP contribution is 2.17. The first-order valence-corrected chi connectivity index (χ1v) is 4.45. The molecule has 0 spiro atoms. The third-order valence-corrected chi connectivity index (χ3v) is 2.08. The number of aliphatic imine (C=N–C) groups is 1. The van der Waals surface area contributed by atoms with E-state index in [4.69, 9.17) is 11.6 Å². The summed E-state index contributed by atoms with van der Waals surface area (Å²) in [6.07, 6.45) is 3.74. The van der Waals surface area contributed by atoms with Crippen LogP contribution in [0.5, 0.6) is 0 Å². The molecule has 2 nitrogen and oxygen atoms in total. The van der Waals surface area contributed by atoms with Gasteiger partial charge in [0.15, 0.2) is 0 Å². The molecule has 0 bridgehead atoms. The van der Waals surface area contributed by atoms with Crippen LogP contribution in [0, 0.1) is 0 Å². The van der Waals surface area contributed by atoms with Crippen LogP contribution >= 0.6 is 11.6 Å². The summed E-state index contributed by atoms with van der Waals surface area (Å²) >= 11 is 5.88. The predicted molar refractivity (Wildman–Crippen MR) is 55.9 cm³/mol. The first kappa shape index (κ1) is 8.32. The number of nitrogens with one attached hydrogen (secondary N) is 1. The zero-order valence-corrected chi connectivity index (χ0v) is 7.75. The molecule has 0 saturated carbocycles. The van der Waals surface area contributed by atoms with Crippen molar-refractivity contribution in [1.82, 2.24) is 5.32 Å². The monoisotopic (exact) mass is 192 g/mol. The minimum atomic E-state index is 0.731. The number of hydrogen-bond acceptors (Lipinski definition) is 2. The molecule has 13 heavy (non-hydrogen) atoms. The molecule has 0 saturated heterocycles. The van der Waals surface area contributed by atoms with Gasteiger partial charge in [0.25, 0.3) is 0 Å². The summed E-state index contributed by atoms with van der Waals surface area (Å²) in [5.74, 6) is 0. The van der Waals surface area contributed by atoms with Crippen molar-refractivity contribution in [3.8, 4) is 0 Å². The molecule has 1 aromatic rings. The number of hydrogen-bond donors (Lipinski definition) is 1. The Morgan fingerprint density at radius 3 is 3.00 bits per heavy atom. The van der Waals surface area contributed by atoms with Crippen molar-refractivity contribution in [2.24, 2.45) is 4.99 Å². The lowest BCUT2D eigenvalue weighted by atomic mass is 10.1. The van der Waals surface area contributed by atoms with Crippen LogP contribution in [0.2, 0.25) is 5.02 Å². The van der Waals surface area contributed by atoms with E-state index in [1.165, 1.54) is 0 Å². The van der Waals surface area contributed by atoms with Gasteiger partial charge in [0.05, 0.1) is 12.9 Å². The number of halogens is 1. The van der Waals surface area contributed by atoms with E-state index in [0.29, 0.717) is 0 Å². The second-order valence-corrected chi connectivity index (χ2v) is 3.20. The SMILES string of the molecule is Clc1cccc(C2=CCN=CN2)c1. The van der Waals surface area contributed by atoms with Crippen LogP contribution in [0.4, 0.5) is 0 Å². The molecule has 0 amide bonds. The topological polar surface area (TPSA) is 24.4 Å². The molecule has 1 aliphatic rings. The standard InChI is InChI=1S/C10H9ClN2/c11-9-3-1-2-8(6-9)10-4-5-12-7-13-10/h1-4,6-7H,5H2,(H,12,13). The normalized spacial score (nSPS) is 15.0. The summed E-state index contributed by atoms with van der Waals surface area (Å²) in [6.45, 7) is 0.731. The number of benzene rings is 1. The largest absolute Gasteiger partial charge is 0.346 e. The van der Waals surface area contributed by atoms with Crippen LogP contribution in [0.15, 0.2) is 35.3 Å². The number of nitrogens with zero attached hydrogens (tertiary/aromatic N) is 1. The molecular formula is C10H9ClN2. The molecule has 0 aromatic heterocycles. The minimum absolute atomic E-state index is 0.731. The molecular weight excluding hydrogens is 184 g/mol. The van der Waals surface area contributed by atoms with E-state index in [2.05, 4.69) is 10.3 Å². The van der Waals surface area contributed by atoms with Crippen molar-refractivity contribution in [2.75, 3.05) is 6.54 Å². The third-order valence-electron chi connectivity index (χ3n) is 1.85. The Morgan fingerprint density at radius 2 is 2.31 bits per heavy atom. The summed E-state index contributed by atoms with van der Waals surface area (Å²) in [5.41, 5.74) is 2.16. The van der Waals surface area contributed by atoms with Crippen LogP contribution in [0.3, 0.4) is 0 Å². The average molecular weight is 193 g/mol. The second-order valence-electron chi connectivity index (χ2n) is 2.77. The zero-order valence-electron chi connectivity index (χ0n) is 7.00. The van der Waals surface area contributed by atoms with Gasteiger partial charge < -0.3 is 5.32 Å². The van der Waals surface area contributed by atoms with Crippen molar-refractivity contribution < 1.29 is 0 Å². The molecule has 1 aliphatic heterocycles. The van der Waals surface area contributed by atoms with Gasteiger partial charge in [-0.05, 0) is 23.8 Å². The second kappa shape index (κ2) is 3.62. The van der Waals surface area contributed by atoms with Crippen molar-refractivity contribution in [1.29, 1.82) is 0 Å². The van der Waals surface area contributed by atoms with Gasteiger partial charge in [-0.25, -0.2) is 0 Å². The zero-order chi connectivity index (χ0) is 9.10. The fourth-order valence-corrected chi connectivity index (χ4v) is 1.42. The maximum absolute atomic E-state index is 5.88. The first-order valence-electron chi connectivity index (χ1n) is 4.07. The number of rotatable bonds is 1. The third kappa shape index (κ3) is 1.90. The molecule has 0 atom stereocenters. The molecule has 0 radical (unpaired) electrons. The maximum atomic E-state index is 5.88. The summed E-state index contributed by atoms with van der Waals surface area (Å²) in [5, 5.41) is 3.83. The van der Waals surface area contributed by atoms with Crippen LogP contribution in [-0.4, -0.2) is 12.9 Å². The Labute approximate surface area is 81.9 Å². The lowest BCUT2D eigenvalue weighted by Crippen LogP contribution is -2.13. The van der Waals surface area contributed by atoms with Crippen LogP contribution in [-0.2, 0) is 0 Å². The van der Waals surface area contributed by atoms with Gasteiger partial charge in [-0.15, -0.1) is 0 Å². The summed E-state index contributed by atoms with van der Waals surface area (Å²) in [6, 6.07) is 7.75. The highest BCUT2D eigenvalue weighted by atomic mass is 35.5. The quantitative estimate of drug-likeness (QED) is 0.726. The van der Waals surface area contributed by atoms with Gasteiger partial charge in [-0.3, -0.25) is 4.99 Å². The van der Waals surface area contributed by atoms with Gasteiger partial charge in [0.1, 0.15) is 0 Å². The lowest BCUT2D eigenvalue weighted by Gasteiger charge is -2.10. The van der Waals surface area contributed by atoms with Crippen LogP contribution < -0.4 is 5.32 Å². The van der Waals surface area contributed by atoms with E-state index in [9.17, 15) is 0 Å². The average Bonchev–Trinajstić information content (AvgIpc) is 2.19. The van der Waals surface area contributed by atoms with E-state index < -0.39 is 0 Å². The van der Waals surface area contributed by atoms with Crippen molar-refractivity contribution >= 4 is 23.6 Å². The van der Waals surface area contributed by atoms with E-state index in [1.54, 1.807) is 6.34 Å². The van der Waals surface area contributed by atoms with Crippen LogP contribution in [0.25, 0.3) is 5.70 Å². The van der Waals surface area contributed by atoms with Gasteiger partial charge in [0, 0.05) is 10.7 Å². The Bertz CT molecular complexity index is 369. The van der Waals surface area contributed by atoms with E-state index in [0.717, 1.165) is 22.8 Å². The molecule has 0 unspecified atom stereocenters. The van der Waals surface area contributed by atoms with Crippen molar-refractivity contribution in [3.63, 3.8) is 0 Å². The summed E-state index contributed by atoms with van der Waals surface area (Å²) in [4.78, 5) is 4.03. The molecule has 1 N–H and O–H groups in total. The van der Waals surface area contributed by atoms with E-state index >= 15 is 0 Å². The van der Waals surface area contributed by atoms with E-state index in [-0.39, 0.29) is 0 Å². The van der Waals surface area contributed by atoms with Crippen LogP contribution in [0.1, 0.15) is 5.56 Å². The van der Waals surface area contributed by atoms with Gasteiger partial charge in [0.2, 0.25) is 0 Å². The molecule has 1 heterocycles. The van der Waals surface area contributed by atoms with Gasteiger partial charge in [-0.2, -0.15) is 0 Å². The molecule has 2 rings (SSSR count). The predicted octanol–water partition coefficient (Wildman–Crippen LogP) is 2.31. The molecule has 3 heteroatoms. The Kier molecular flexibility index (Phi) is 2.32. The first-order chi connectivity index (χ1) is 6.36. The maximum Gasteiger partial charge on any atom is 0.0871 e. The fraction of sp³-hybridized carbons (Fsp3) is 0.100. The molecule has 66 valence electrons. The van der Waals surface area contributed by atoms with Gasteiger partial charge in [-0.1, -0.05) is 23.7 Å². The smallest absolute Gasteiger partial charge is 0.0871 e.